The third-order valence-corrected chi connectivity index (χ3v) is 4.98. The number of carbonyl (C=O) groups excluding carboxylic acids is 1. The van der Waals surface area contributed by atoms with Gasteiger partial charge in [-0.05, 0) is 13.8 Å². The molecule has 1 amide bonds. The first-order valence-corrected chi connectivity index (χ1v) is 9.33. The fourth-order valence-corrected chi connectivity index (χ4v) is 3.24. The second-order valence-electron chi connectivity index (χ2n) is 6.87. The fraction of sp³-hybridized carbons (Fsp3) is 0.350. The Bertz CT molecular complexity index is 933. The van der Waals surface area contributed by atoms with Crippen LogP contribution in [0.4, 0.5) is 0 Å². The molecule has 0 aliphatic carbocycles. The van der Waals surface area contributed by atoms with E-state index in [1.807, 2.05) is 49.1 Å². The van der Waals surface area contributed by atoms with E-state index in [1.54, 1.807) is 6.20 Å². The van der Waals surface area contributed by atoms with E-state index in [9.17, 15) is 4.79 Å². The maximum atomic E-state index is 12.6. The van der Waals surface area contributed by atoms with Crippen LogP contribution in [0.15, 0.2) is 47.2 Å². The molecule has 1 atom stereocenters. The summed E-state index contributed by atoms with van der Waals surface area (Å²) in [5.74, 6) is 1.10. The van der Waals surface area contributed by atoms with Crippen molar-refractivity contribution in [1.82, 2.24) is 29.9 Å². The quantitative estimate of drug-likeness (QED) is 0.688. The molecule has 0 bridgehead atoms. The predicted octanol–water partition coefficient (Wildman–Crippen LogP) is 2.35. The highest BCUT2D eigenvalue weighted by Crippen LogP contribution is 2.23. The zero-order valence-electron chi connectivity index (χ0n) is 15.9. The minimum Gasteiger partial charge on any atom is -0.337 e. The van der Waals surface area contributed by atoms with Crippen molar-refractivity contribution < 1.29 is 9.32 Å². The number of hydrogen-bond donors (Lipinski definition) is 0. The lowest BCUT2D eigenvalue weighted by molar-refractivity contribution is 0.0546. The summed E-state index contributed by atoms with van der Waals surface area (Å²) in [6.07, 6.45) is 3.15. The molecule has 3 aromatic rings. The monoisotopic (exact) mass is 378 g/mol. The Labute approximate surface area is 163 Å². The number of hydrogen-bond acceptors (Lipinski definition) is 7. The zero-order chi connectivity index (χ0) is 19.5. The van der Waals surface area contributed by atoms with Gasteiger partial charge in [-0.25, -0.2) is 4.98 Å². The molecule has 8 heteroatoms. The molecule has 0 spiro atoms. The van der Waals surface area contributed by atoms with Crippen molar-refractivity contribution in [3.8, 4) is 11.4 Å². The van der Waals surface area contributed by atoms with Crippen LogP contribution in [0.1, 0.15) is 35.0 Å². The van der Waals surface area contributed by atoms with E-state index in [0.29, 0.717) is 30.5 Å². The molecule has 2 aromatic heterocycles. The second-order valence-corrected chi connectivity index (χ2v) is 6.87. The van der Waals surface area contributed by atoms with Crippen molar-refractivity contribution in [3.63, 3.8) is 0 Å². The zero-order valence-corrected chi connectivity index (χ0v) is 15.9. The second kappa shape index (κ2) is 7.85. The number of rotatable bonds is 4. The van der Waals surface area contributed by atoms with E-state index in [1.165, 1.54) is 6.20 Å². The Kier molecular flexibility index (Phi) is 5.12. The lowest BCUT2D eigenvalue weighted by Crippen LogP contribution is -2.49. The SMILES string of the molecule is Cc1cnc(C(=O)N2CCN([C@H](C)c3nc(-c4ccccc4)no3)CC2)cn1. The number of benzene rings is 1. The Hall–Kier alpha value is -3.13. The van der Waals surface area contributed by atoms with E-state index >= 15 is 0 Å². The van der Waals surface area contributed by atoms with Gasteiger partial charge in [0.15, 0.2) is 0 Å². The topological polar surface area (TPSA) is 88.3 Å². The van der Waals surface area contributed by atoms with E-state index in [-0.39, 0.29) is 11.9 Å². The van der Waals surface area contributed by atoms with Crippen LogP contribution in [0.2, 0.25) is 0 Å². The largest absolute Gasteiger partial charge is 0.337 e. The normalized spacial score (nSPS) is 16.1. The molecule has 8 nitrogen and oxygen atoms in total. The third-order valence-electron chi connectivity index (χ3n) is 4.98. The van der Waals surface area contributed by atoms with Crippen molar-refractivity contribution in [3.05, 3.63) is 60.0 Å². The summed E-state index contributed by atoms with van der Waals surface area (Å²) >= 11 is 0. The van der Waals surface area contributed by atoms with Crippen LogP contribution in [-0.4, -0.2) is 62.0 Å². The molecule has 3 heterocycles. The van der Waals surface area contributed by atoms with Crippen LogP contribution in [0.5, 0.6) is 0 Å². The van der Waals surface area contributed by atoms with Gasteiger partial charge < -0.3 is 9.42 Å². The Morgan fingerprint density at radius 2 is 1.82 bits per heavy atom. The predicted molar refractivity (Wildman–Crippen MR) is 102 cm³/mol. The van der Waals surface area contributed by atoms with Crippen molar-refractivity contribution in [1.29, 1.82) is 0 Å². The maximum Gasteiger partial charge on any atom is 0.274 e. The highest BCUT2D eigenvalue weighted by molar-refractivity contribution is 5.92. The summed E-state index contributed by atoms with van der Waals surface area (Å²) in [5, 5.41) is 4.10. The van der Waals surface area contributed by atoms with Gasteiger partial charge in [0.25, 0.3) is 5.91 Å². The fourth-order valence-electron chi connectivity index (χ4n) is 3.24. The number of aromatic nitrogens is 4. The van der Waals surface area contributed by atoms with Crippen LogP contribution >= 0.6 is 0 Å². The van der Waals surface area contributed by atoms with Gasteiger partial charge in [-0.15, -0.1) is 0 Å². The van der Waals surface area contributed by atoms with E-state index in [2.05, 4.69) is 25.0 Å². The van der Waals surface area contributed by atoms with Crippen molar-refractivity contribution >= 4 is 5.91 Å². The maximum absolute atomic E-state index is 12.6. The van der Waals surface area contributed by atoms with Crippen molar-refractivity contribution in [2.24, 2.45) is 0 Å². The first kappa shape index (κ1) is 18.2. The Morgan fingerprint density at radius 3 is 2.50 bits per heavy atom. The summed E-state index contributed by atoms with van der Waals surface area (Å²) in [5.41, 5.74) is 2.11. The number of carbonyl (C=O) groups is 1. The lowest BCUT2D eigenvalue weighted by Gasteiger charge is -2.36. The molecular formula is C20H22N6O2. The van der Waals surface area contributed by atoms with Gasteiger partial charge in [0.2, 0.25) is 11.7 Å². The summed E-state index contributed by atoms with van der Waals surface area (Å²) in [6, 6.07) is 9.75. The molecule has 1 aliphatic heterocycles. The molecular weight excluding hydrogens is 356 g/mol. The molecule has 0 unspecified atom stereocenters. The highest BCUT2D eigenvalue weighted by atomic mass is 16.5. The first-order valence-electron chi connectivity index (χ1n) is 9.33. The van der Waals surface area contributed by atoms with Crippen molar-refractivity contribution in [2.75, 3.05) is 26.2 Å². The Morgan fingerprint density at radius 1 is 1.07 bits per heavy atom. The van der Waals surface area contributed by atoms with Gasteiger partial charge in [-0.2, -0.15) is 4.98 Å². The number of aryl methyl sites for hydroxylation is 1. The minimum atomic E-state index is -0.0797. The summed E-state index contributed by atoms with van der Waals surface area (Å²) in [7, 11) is 0. The van der Waals surface area contributed by atoms with Gasteiger partial charge in [-0.3, -0.25) is 14.7 Å². The van der Waals surface area contributed by atoms with Gasteiger partial charge in [0, 0.05) is 37.9 Å². The number of nitrogens with zero attached hydrogens (tertiary/aromatic N) is 6. The molecule has 0 saturated carbocycles. The number of amides is 1. The van der Waals surface area contributed by atoms with Crippen molar-refractivity contribution in [2.45, 2.75) is 19.9 Å². The molecule has 1 aliphatic rings. The average molecular weight is 378 g/mol. The summed E-state index contributed by atoms with van der Waals surface area (Å²) in [4.78, 5) is 29.5. The molecule has 28 heavy (non-hydrogen) atoms. The molecule has 0 radical (unpaired) electrons. The lowest BCUT2D eigenvalue weighted by atomic mass is 10.2. The molecule has 1 fully saturated rings. The van der Waals surface area contributed by atoms with E-state index in [4.69, 9.17) is 4.52 Å². The van der Waals surface area contributed by atoms with Crippen LogP contribution in [-0.2, 0) is 0 Å². The van der Waals surface area contributed by atoms with Crippen LogP contribution in [0.3, 0.4) is 0 Å². The summed E-state index contributed by atoms with van der Waals surface area (Å²) in [6.45, 7) is 6.61. The Balaban J connectivity index is 1.38. The average Bonchev–Trinajstić information content (AvgIpc) is 3.24. The van der Waals surface area contributed by atoms with Gasteiger partial charge >= 0.3 is 0 Å². The highest BCUT2D eigenvalue weighted by Gasteiger charge is 2.28. The third kappa shape index (κ3) is 3.77. The van der Waals surface area contributed by atoms with Crippen LogP contribution in [0, 0.1) is 6.92 Å². The number of piperazine rings is 1. The van der Waals surface area contributed by atoms with Gasteiger partial charge in [0.1, 0.15) is 5.69 Å². The van der Waals surface area contributed by atoms with E-state index in [0.717, 1.165) is 24.3 Å². The molecule has 144 valence electrons. The van der Waals surface area contributed by atoms with Crippen LogP contribution < -0.4 is 0 Å². The summed E-state index contributed by atoms with van der Waals surface area (Å²) < 4.78 is 5.49. The smallest absolute Gasteiger partial charge is 0.274 e. The molecule has 4 rings (SSSR count). The van der Waals surface area contributed by atoms with Gasteiger partial charge in [-0.1, -0.05) is 35.5 Å². The minimum absolute atomic E-state index is 0.0126. The van der Waals surface area contributed by atoms with Crippen LogP contribution in [0.25, 0.3) is 11.4 Å². The van der Waals surface area contributed by atoms with E-state index < -0.39 is 0 Å². The molecule has 1 aromatic carbocycles. The van der Waals surface area contributed by atoms with Gasteiger partial charge in [0.05, 0.1) is 17.9 Å². The first-order chi connectivity index (χ1) is 13.6. The molecule has 0 N–H and O–H groups in total. The molecule has 1 saturated heterocycles. The standard InChI is InChI=1S/C20H22N6O2/c1-14-12-22-17(13-21-14)20(27)26-10-8-25(9-11-26)15(2)19-23-18(24-28-19)16-6-4-3-5-7-16/h3-7,12-13,15H,8-11H2,1-2H3/t15-/m1/s1.